The fraction of sp³-hybridized carbons (Fsp3) is 1.00. The van der Waals surface area contributed by atoms with Crippen molar-refractivity contribution in [3.8, 4) is 0 Å². The molecule has 0 saturated carbocycles. The van der Waals surface area contributed by atoms with Crippen LogP contribution in [-0.4, -0.2) is 50.0 Å². The Balaban J connectivity index is 0.00000289. The van der Waals surface area contributed by atoms with Gasteiger partial charge in [-0.1, -0.05) is 13.3 Å². The maximum atomic E-state index is 11.7. The molecular formula is C12H27ClN2O2S. The van der Waals surface area contributed by atoms with Gasteiger partial charge in [-0.25, -0.2) is 8.42 Å². The molecule has 1 rings (SSSR count). The molecule has 0 radical (unpaired) electrons. The van der Waals surface area contributed by atoms with Crippen LogP contribution in [0.4, 0.5) is 0 Å². The van der Waals surface area contributed by atoms with Crippen molar-refractivity contribution in [2.75, 3.05) is 24.6 Å². The third kappa shape index (κ3) is 5.87. The van der Waals surface area contributed by atoms with E-state index in [1.54, 1.807) is 0 Å². The molecule has 1 fully saturated rings. The van der Waals surface area contributed by atoms with Gasteiger partial charge in [0.05, 0.1) is 5.75 Å². The zero-order chi connectivity index (χ0) is 12.9. The summed E-state index contributed by atoms with van der Waals surface area (Å²) in [5, 5.41) is 0. The highest BCUT2D eigenvalue weighted by molar-refractivity contribution is 7.91. The molecule has 110 valence electrons. The number of nitrogens with zero attached hydrogens (tertiary/aromatic N) is 1. The van der Waals surface area contributed by atoms with Crippen molar-refractivity contribution in [2.24, 2.45) is 5.73 Å². The second-order valence-corrected chi connectivity index (χ2v) is 7.41. The number of sulfone groups is 1. The summed E-state index contributed by atoms with van der Waals surface area (Å²) in [6.45, 7) is 5.56. The Morgan fingerprint density at radius 3 is 2.56 bits per heavy atom. The van der Waals surface area contributed by atoms with E-state index in [0.29, 0.717) is 24.8 Å². The number of nitrogens with two attached hydrogens (primary N) is 1. The summed E-state index contributed by atoms with van der Waals surface area (Å²) in [7, 11) is -2.86. The first-order chi connectivity index (χ1) is 7.96. The molecule has 18 heavy (non-hydrogen) atoms. The van der Waals surface area contributed by atoms with Crippen molar-refractivity contribution < 1.29 is 8.42 Å². The smallest absolute Gasteiger partial charge is 0.151 e. The van der Waals surface area contributed by atoms with Crippen LogP contribution in [0.3, 0.4) is 0 Å². The molecule has 0 aliphatic carbocycles. The largest absolute Gasteiger partial charge is 0.327 e. The number of hydrogen-bond acceptors (Lipinski definition) is 4. The minimum atomic E-state index is -2.86. The molecule has 2 atom stereocenters. The molecule has 1 saturated heterocycles. The minimum absolute atomic E-state index is 0. The van der Waals surface area contributed by atoms with Gasteiger partial charge in [-0.2, -0.15) is 0 Å². The first-order valence-corrected chi connectivity index (χ1v) is 8.48. The number of hydrogen-bond donors (Lipinski definition) is 1. The van der Waals surface area contributed by atoms with E-state index in [-0.39, 0.29) is 24.2 Å². The molecule has 2 N–H and O–H groups in total. The zero-order valence-corrected chi connectivity index (χ0v) is 13.1. The third-order valence-electron chi connectivity index (χ3n) is 3.48. The summed E-state index contributed by atoms with van der Waals surface area (Å²) in [5.41, 5.74) is 5.96. The Morgan fingerprint density at radius 2 is 2.00 bits per heavy atom. The molecule has 6 heteroatoms. The molecule has 1 heterocycles. The van der Waals surface area contributed by atoms with Crippen LogP contribution in [0, 0.1) is 0 Å². The first-order valence-electron chi connectivity index (χ1n) is 6.66. The lowest BCUT2D eigenvalue weighted by Gasteiger charge is -2.37. The number of likely N-dealkylation sites (tertiary alicyclic amines) is 1. The number of halogens is 1. The van der Waals surface area contributed by atoms with Crippen molar-refractivity contribution in [1.82, 2.24) is 4.90 Å². The van der Waals surface area contributed by atoms with E-state index < -0.39 is 9.84 Å². The molecular weight excluding hydrogens is 272 g/mol. The van der Waals surface area contributed by atoms with Gasteiger partial charge in [-0.3, -0.25) is 4.90 Å². The van der Waals surface area contributed by atoms with E-state index in [4.69, 9.17) is 5.73 Å². The number of piperidine rings is 1. The van der Waals surface area contributed by atoms with Gasteiger partial charge in [-0.05, 0) is 32.7 Å². The van der Waals surface area contributed by atoms with Crippen molar-refractivity contribution >= 4 is 22.2 Å². The molecule has 0 amide bonds. The van der Waals surface area contributed by atoms with Gasteiger partial charge in [0, 0.05) is 24.4 Å². The van der Waals surface area contributed by atoms with E-state index in [0.717, 1.165) is 19.4 Å². The maximum absolute atomic E-state index is 11.7. The Morgan fingerprint density at radius 1 is 1.33 bits per heavy atom. The van der Waals surface area contributed by atoms with Gasteiger partial charge in [0.2, 0.25) is 0 Å². The fourth-order valence-electron chi connectivity index (χ4n) is 2.56. The first kappa shape index (κ1) is 18.2. The summed E-state index contributed by atoms with van der Waals surface area (Å²) in [5.74, 6) is 0.591. The Kier molecular flexibility index (Phi) is 8.43. The third-order valence-corrected chi connectivity index (χ3v) is 5.31. The normalized spacial score (nSPS) is 23.4. The Bertz CT molecular complexity index is 320. The van der Waals surface area contributed by atoms with Gasteiger partial charge >= 0.3 is 0 Å². The van der Waals surface area contributed by atoms with Gasteiger partial charge in [-0.15, -0.1) is 12.4 Å². The van der Waals surface area contributed by atoms with Crippen LogP contribution < -0.4 is 5.73 Å². The van der Waals surface area contributed by atoms with Crippen LogP contribution in [0.25, 0.3) is 0 Å². The van der Waals surface area contributed by atoms with Gasteiger partial charge in [0.1, 0.15) is 0 Å². The SMILES string of the molecule is CCCS(=O)(=O)CCN1CCCCC1C(C)N.Cl. The van der Waals surface area contributed by atoms with Crippen LogP contribution >= 0.6 is 12.4 Å². The van der Waals surface area contributed by atoms with Crippen LogP contribution in [0.5, 0.6) is 0 Å². The number of rotatable bonds is 6. The highest BCUT2D eigenvalue weighted by Crippen LogP contribution is 2.18. The predicted octanol–water partition coefficient (Wildman–Crippen LogP) is 1.43. The standard InChI is InChI=1S/C12H26N2O2S.ClH/c1-3-9-17(15,16)10-8-14-7-5-4-6-12(14)11(2)13;/h11-12H,3-10,13H2,1-2H3;1H. The summed E-state index contributed by atoms with van der Waals surface area (Å²) in [4.78, 5) is 2.27. The van der Waals surface area contributed by atoms with Crippen molar-refractivity contribution in [2.45, 2.75) is 51.6 Å². The van der Waals surface area contributed by atoms with E-state index in [9.17, 15) is 8.42 Å². The highest BCUT2D eigenvalue weighted by Gasteiger charge is 2.26. The lowest BCUT2D eigenvalue weighted by atomic mass is 9.97. The lowest BCUT2D eigenvalue weighted by Crippen LogP contribution is -2.50. The molecule has 2 unspecified atom stereocenters. The van der Waals surface area contributed by atoms with E-state index in [1.165, 1.54) is 6.42 Å². The van der Waals surface area contributed by atoms with Gasteiger partial charge in [0.15, 0.2) is 9.84 Å². The molecule has 0 aromatic rings. The molecule has 0 spiro atoms. The summed E-state index contributed by atoms with van der Waals surface area (Å²) >= 11 is 0. The Labute approximate surface area is 118 Å². The second kappa shape index (κ2) is 8.35. The molecule has 1 aliphatic heterocycles. The molecule has 1 aliphatic rings. The zero-order valence-electron chi connectivity index (χ0n) is 11.5. The highest BCUT2D eigenvalue weighted by atomic mass is 35.5. The molecule has 0 aromatic heterocycles. The van der Waals surface area contributed by atoms with Crippen molar-refractivity contribution in [3.05, 3.63) is 0 Å². The van der Waals surface area contributed by atoms with Crippen LogP contribution in [-0.2, 0) is 9.84 Å². The average Bonchev–Trinajstić information content (AvgIpc) is 2.27. The predicted molar refractivity (Wildman–Crippen MR) is 79.1 cm³/mol. The fourth-order valence-corrected chi connectivity index (χ4v) is 3.90. The van der Waals surface area contributed by atoms with E-state index >= 15 is 0 Å². The van der Waals surface area contributed by atoms with E-state index in [2.05, 4.69) is 4.90 Å². The monoisotopic (exact) mass is 298 g/mol. The van der Waals surface area contributed by atoms with Crippen LogP contribution in [0.2, 0.25) is 0 Å². The molecule has 0 aromatic carbocycles. The summed E-state index contributed by atoms with van der Waals surface area (Å²) in [6.07, 6.45) is 4.19. The van der Waals surface area contributed by atoms with Crippen molar-refractivity contribution in [3.63, 3.8) is 0 Å². The topological polar surface area (TPSA) is 63.4 Å². The van der Waals surface area contributed by atoms with Gasteiger partial charge in [0.25, 0.3) is 0 Å². The van der Waals surface area contributed by atoms with Crippen molar-refractivity contribution in [1.29, 1.82) is 0 Å². The average molecular weight is 299 g/mol. The minimum Gasteiger partial charge on any atom is -0.327 e. The summed E-state index contributed by atoms with van der Waals surface area (Å²) < 4.78 is 23.4. The van der Waals surface area contributed by atoms with Crippen LogP contribution in [0.1, 0.15) is 39.5 Å². The quantitative estimate of drug-likeness (QED) is 0.806. The molecule has 4 nitrogen and oxygen atoms in total. The summed E-state index contributed by atoms with van der Waals surface area (Å²) in [6, 6.07) is 0.491. The van der Waals surface area contributed by atoms with Crippen LogP contribution in [0.15, 0.2) is 0 Å². The van der Waals surface area contributed by atoms with Gasteiger partial charge < -0.3 is 5.73 Å². The molecule has 0 bridgehead atoms. The maximum Gasteiger partial charge on any atom is 0.151 e. The van der Waals surface area contributed by atoms with E-state index in [1.807, 2.05) is 13.8 Å². The second-order valence-electron chi connectivity index (χ2n) is 5.11. The lowest BCUT2D eigenvalue weighted by molar-refractivity contribution is 0.139. The Hall–Kier alpha value is 0.160.